The summed E-state index contributed by atoms with van der Waals surface area (Å²) in [6.45, 7) is 5.85. The largest absolute Gasteiger partial charge is 0.340 e. The zero-order valence-electron chi connectivity index (χ0n) is 18.5. The fourth-order valence-electron chi connectivity index (χ4n) is 4.12. The van der Waals surface area contributed by atoms with Crippen LogP contribution in [0.2, 0.25) is 0 Å². The Morgan fingerprint density at radius 1 is 1.09 bits per heavy atom. The Kier molecular flexibility index (Phi) is 6.54. The molecule has 3 aromatic rings. The lowest BCUT2D eigenvalue weighted by Crippen LogP contribution is -2.40. The molecule has 1 atom stereocenters. The van der Waals surface area contributed by atoms with E-state index < -0.39 is 0 Å². The van der Waals surface area contributed by atoms with Crippen LogP contribution < -0.4 is 10.6 Å². The number of aryl methyl sites for hydroxylation is 2. The number of hydrogen-bond acceptors (Lipinski definition) is 3. The molecule has 1 aliphatic heterocycles. The third-order valence-corrected chi connectivity index (χ3v) is 5.70. The van der Waals surface area contributed by atoms with Gasteiger partial charge in [0.05, 0.1) is 18.3 Å². The summed E-state index contributed by atoms with van der Waals surface area (Å²) in [4.78, 5) is 26.8. The first kappa shape index (κ1) is 21.6. The van der Waals surface area contributed by atoms with Gasteiger partial charge in [0, 0.05) is 30.9 Å². The van der Waals surface area contributed by atoms with E-state index in [-0.39, 0.29) is 18.0 Å². The minimum atomic E-state index is -0.297. The monoisotopic (exact) mass is 431 g/mol. The lowest BCUT2D eigenvalue weighted by Gasteiger charge is -2.25. The predicted molar refractivity (Wildman–Crippen MR) is 124 cm³/mol. The van der Waals surface area contributed by atoms with Crippen LogP contribution in [0.5, 0.6) is 0 Å². The molecule has 2 aromatic carbocycles. The van der Waals surface area contributed by atoms with E-state index >= 15 is 0 Å². The van der Waals surface area contributed by atoms with Gasteiger partial charge in [-0.2, -0.15) is 5.10 Å². The second-order valence-corrected chi connectivity index (χ2v) is 8.29. The molecule has 7 heteroatoms. The molecule has 2 heterocycles. The minimum absolute atomic E-state index is 0.144. The number of nitrogens with one attached hydrogen (secondary N) is 2. The number of hydrogen-bond donors (Lipinski definition) is 2. The van der Waals surface area contributed by atoms with Gasteiger partial charge in [-0.25, -0.2) is 4.79 Å². The molecule has 1 aliphatic rings. The molecule has 1 saturated heterocycles. The van der Waals surface area contributed by atoms with E-state index in [4.69, 9.17) is 0 Å². The van der Waals surface area contributed by atoms with Crippen LogP contribution in [-0.4, -0.2) is 39.7 Å². The molecule has 7 nitrogen and oxygen atoms in total. The fourth-order valence-corrected chi connectivity index (χ4v) is 4.12. The van der Waals surface area contributed by atoms with Crippen molar-refractivity contribution in [3.8, 4) is 0 Å². The summed E-state index contributed by atoms with van der Waals surface area (Å²) >= 11 is 0. The van der Waals surface area contributed by atoms with Gasteiger partial charge in [0.15, 0.2) is 0 Å². The quantitative estimate of drug-likeness (QED) is 0.593. The molecule has 4 rings (SSSR count). The maximum atomic E-state index is 12.8. The third kappa shape index (κ3) is 5.35. The van der Waals surface area contributed by atoms with Crippen LogP contribution in [0.4, 0.5) is 10.5 Å². The molecular formula is C25H29N5O2. The zero-order valence-corrected chi connectivity index (χ0v) is 18.5. The molecule has 0 saturated carbocycles. The first-order chi connectivity index (χ1) is 15.5. The normalized spacial score (nSPS) is 14.4. The summed E-state index contributed by atoms with van der Waals surface area (Å²) in [7, 11) is 0. The number of urea groups is 1. The van der Waals surface area contributed by atoms with Crippen LogP contribution in [0, 0.1) is 13.8 Å². The number of amides is 3. The summed E-state index contributed by atoms with van der Waals surface area (Å²) in [5.74, 6) is 0.144. The lowest BCUT2D eigenvalue weighted by molar-refractivity contribution is -0.128. The summed E-state index contributed by atoms with van der Waals surface area (Å²) in [5, 5.41) is 10.5. The Bertz CT molecular complexity index is 1090. The summed E-state index contributed by atoms with van der Waals surface area (Å²) in [6.07, 6.45) is 1.45. The zero-order chi connectivity index (χ0) is 22.5. The van der Waals surface area contributed by atoms with Crippen LogP contribution in [0.25, 0.3) is 0 Å². The van der Waals surface area contributed by atoms with Crippen molar-refractivity contribution in [3.63, 3.8) is 0 Å². The average molecular weight is 432 g/mol. The number of rotatable bonds is 7. The van der Waals surface area contributed by atoms with Crippen molar-refractivity contribution in [2.24, 2.45) is 0 Å². The van der Waals surface area contributed by atoms with Gasteiger partial charge < -0.3 is 15.5 Å². The first-order valence-electron chi connectivity index (χ1n) is 11.0. The highest BCUT2D eigenvalue weighted by molar-refractivity contribution is 5.89. The smallest absolute Gasteiger partial charge is 0.319 e. The summed E-state index contributed by atoms with van der Waals surface area (Å²) < 4.78 is 1.95. The van der Waals surface area contributed by atoms with Gasteiger partial charge >= 0.3 is 6.03 Å². The Morgan fingerprint density at radius 2 is 1.91 bits per heavy atom. The molecule has 1 fully saturated rings. The first-order valence-corrected chi connectivity index (χ1v) is 11.0. The van der Waals surface area contributed by atoms with Crippen LogP contribution in [0.1, 0.15) is 41.4 Å². The van der Waals surface area contributed by atoms with Crippen LogP contribution >= 0.6 is 0 Å². The number of benzene rings is 2. The van der Waals surface area contributed by atoms with Gasteiger partial charge in [0.1, 0.15) is 0 Å². The lowest BCUT2D eigenvalue weighted by atomic mass is 10.1. The molecule has 0 radical (unpaired) electrons. The summed E-state index contributed by atoms with van der Waals surface area (Å²) in [6, 6.07) is 19.0. The number of carbonyl (C=O) groups is 2. The van der Waals surface area contributed by atoms with E-state index in [0.717, 1.165) is 35.5 Å². The van der Waals surface area contributed by atoms with Crippen molar-refractivity contribution >= 4 is 17.6 Å². The predicted octanol–water partition coefficient (Wildman–Crippen LogP) is 4.03. The Morgan fingerprint density at radius 3 is 2.59 bits per heavy atom. The molecular weight excluding hydrogens is 402 g/mol. The average Bonchev–Trinajstić information content (AvgIpc) is 3.32. The van der Waals surface area contributed by atoms with Gasteiger partial charge in [-0.3, -0.25) is 9.48 Å². The molecule has 0 aliphatic carbocycles. The standard InChI is InChI=1S/C25H29N5O2/c1-18-14-19(2)30(28-18)16-20-8-6-11-22(15-20)26-25(32)27-23(21-9-4-3-5-10-21)17-29-13-7-12-24(29)31/h3-6,8-11,14-15,23H,7,12-13,16-17H2,1-2H3,(H2,26,27,32). The molecule has 2 N–H and O–H groups in total. The van der Waals surface area contributed by atoms with Gasteiger partial charge in [0.25, 0.3) is 0 Å². The van der Waals surface area contributed by atoms with Crippen LogP contribution in [0.15, 0.2) is 60.7 Å². The van der Waals surface area contributed by atoms with E-state index in [1.165, 1.54) is 0 Å². The van der Waals surface area contributed by atoms with Crippen molar-refractivity contribution in [2.75, 3.05) is 18.4 Å². The van der Waals surface area contributed by atoms with E-state index in [9.17, 15) is 9.59 Å². The van der Waals surface area contributed by atoms with E-state index in [1.807, 2.05) is 84.1 Å². The molecule has 0 spiro atoms. The van der Waals surface area contributed by atoms with E-state index in [1.54, 1.807) is 0 Å². The Balaban J connectivity index is 1.43. The maximum absolute atomic E-state index is 12.8. The van der Waals surface area contributed by atoms with Crippen molar-refractivity contribution < 1.29 is 9.59 Å². The maximum Gasteiger partial charge on any atom is 0.319 e. The van der Waals surface area contributed by atoms with E-state index in [2.05, 4.69) is 15.7 Å². The highest BCUT2D eigenvalue weighted by Gasteiger charge is 2.25. The Hall–Kier alpha value is -3.61. The van der Waals surface area contributed by atoms with Crippen molar-refractivity contribution in [3.05, 3.63) is 83.2 Å². The second kappa shape index (κ2) is 9.68. The number of aromatic nitrogens is 2. The molecule has 1 unspecified atom stereocenters. The highest BCUT2D eigenvalue weighted by Crippen LogP contribution is 2.19. The number of anilines is 1. The molecule has 166 valence electrons. The third-order valence-electron chi connectivity index (χ3n) is 5.70. The van der Waals surface area contributed by atoms with E-state index in [0.29, 0.717) is 25.2 Å². The molecule has 3 amide bonds. The number of nitrogens with zero attached hydrogens (tertiary/aromatic N) is 3. The molecule has 1 aromatic heterocycles. The number of carbonyl (C=O) groups excluding carboxylic acids is 2. The summed E-state index contributed by atoms with van der Waals surface area (Å²) in [5.41, 5.74) is 4.82. The Labute approximate surface area is 188 Å². The fraction of sp³-hybridized carbons (Fsp3) is 0.320. The van der Waals surface area contributed by atoms with Gasteiger partial charge in [-0.15, -0.1) is 0 Å². The molecule has 0 bridgehead atoms. The highest BCUT2D eigenvalue weighted by atomic mass is 16.2. The van der Waals surface area contributed by atoms with Crippen molar-refractivity contribution in [1.29, 1.82) is 0 Å². The van der Waals surface area contributed by atoms with Gasteiger partial charge in [-0.05, 0) is 49.6 Å². The second-order valence-electron chi connectivity index (χ2n) is 8.29. The van der Waals surface area contributed by atoms with Crippen LogP contribution in [0.3, 0.4) is 0 Å². The van der Waals surface area contributed by atoms with Crippen LogP contribution in [-0.2, 0) is 11.3 Å². The molecule has 32 heavy (non-hydrogen) atoms. The number of likely N-dealkylation sites (tertiary alicyclic amines) is 1. The SMILES string of the molecule is Cc1cc(C)n(Cc2cccc(NC(=O)NC(CN3CCCC3=O)c3ccccc3)c2)n1. The topological polar surface area (TPSA) is 79.3 Å². The van der Waals surface area contributed by atoms with Crippen molar-refractivity contribution in [1.82, 2.24) is 20.0 Å². The van der Waals surface area contributed by atoms with Gasteiger partial charge in [-0.1, -0.05) is 42.5 Å². The van der Waals surface area contributed by atoms with Crippen molar-refractivity contribution in [2.45, 2.75) is 39.3 Å². The van der Waals surface area contributed by atoms with Gasteiger partial charge in [0.2, 0.25) is 5.91 Å². The minimum Gasteiger partial charge on any atom is -0.340 e.